The summed E-state index contributed by atoms with van der Waals surface area (Å²) < 4.78 is 5.43. The molecule has 0 aliphatic rings. The van der Waals surface area contributed by atoms with Crippen molar-refractivity contribution >= 4 is 33.7 Å². The number of rotatable bonds is 5. The van der Waals surface area contributed by atoms with Crippen LogP contribution >= 0.6 is 0 Å². The highest BCUT2D eigenvalue weighted by Crippen LogP contribution is 2.27. The standard InChI is InChI=1S/C23H18N2O2/c26-23(16-27-19-10-2-1-3-11-19)25-24-15-22-20-12-6-4-8-17(20)14-18-9-5-7-13-21(18)22/h1-15H,16H2,(H,25,26)/b24-15+. The zero-order chi connectivity index (χ0) is 18.5. The molecule has 1 N–H and O–H groups in total. The predicted octanol–water partition coefficient (Wildman–Crippen LogP) is 4.52. The van der Waals surface area contributed by atoms with Crippen molar-refractivity contribution in [2.75, 3.05) is 6.61 Å². The topological polar surface area (TPSA) is 50.7 Å². The number of hydrogen-bond acceptors (Lipinski definition) is 3. The summed E-state index contributed by atoms with van der Waals surface area (Å²) >= 11 is 0. The summed E-state index contributed by atoms with van der Waals surface area (Å²) in [5.74, 6) is 0.344. The molecule has 0 unspecified atom stereocenters. The van der Waals surface area contributed by atoms with Gasteiger partial charge in [-0.3, -0.25) is 4.79 Å². The van der Waals surface area contributed by atoms with E-state index in [2.05, 4.69) is 40.9 Å². The molecule has 4 heteroatoms. The molecule has 0 aliphatic heterocycles. The number of ether oxygens (including phenoxy) is 1. The number of carbonyl (C=O) groups is 1. The molecule has 0 aromatic heterocycles. The summed E-state index contributed by atoms with van der Waals surface area (Å²) in [6.45, 7) is -0.0857. The molecule has 132 valence electrons. The average Bonchev–Trinajstić information content (AvgIpc) is 2.72. The number of carbonyl (C=O) groups excluding carboxylic acids is 1. The number of nitrogens with zero attached hydrogens (tertiary/aromatic N) is 1. The van der Waals surface area contributed by atoms with Gasteiger partial charge in [-0.15, -0.1) is 0 Å². The lowest BCUT2D eigenvalue weighted by molar-refractivity contribution is -0.123. The number of hydrogen-bond donors (Lipinski definition) is 1. The Morgan fingerprint density at radius 2 is 1.44 bits per heavy atom. The Balaban J connectivity index is 1.54. The van der Waals surface area contributed by atoms with Crippen LogP contribution in [0.5, 0.6) is 5.75 Å². The maximum absolute atomic E-state index is 12.0. The Hall–Kier alpha value is -3.66. The van der Waals surface area contributed by atoms with Gasteiger partial charge >= 0.3 is 0 Å². The number of fused-ring (bicyclic) bond motifs is 2. The smallest absolute Gasteiger partial charge is 0.277 e. The Bertz CT molecular complexity index is 1070. The Morgan fingerprint density at radius 1 is 0.852 bits per heavy atom. The lowest BCUT2D eigenvalue weighted by atomic mass is 9.97. The van der Waals surface area contributed by atoms with Crippen LogP contribution in [0.3, 0.4) is 0 Å². The minimum atomic E-state index is -0.306. The first-order valence-corrected chi connectivity index (χ1v) is 8.71. The number of benzene rings is 4. The summed E-state index contributed by atoms with van der Waals surface area (Å²) in [5, 5.41) is 8.61. The van der Waals surface area contributed by atoms with E-state index in [0.717, 1.165) is 27.1 Å². The van der Waals surface area contributed by atoms with E-state index in [0.29, 0.717) is 5.75 Å². The average molecular weight is 354 g/mol. The molecule has 0 heterocycles. The van der Waals surface area contributed by atoms with Gasteiger partial charge in [0.05, 0.1) is 6.21 Å². The van der Waals surface area contributed by atoms with Gasteiger partial charge in [0, 0.05) is 5.56 Å². The summed E-state index contributed by atoms with van der Waals surface area (Å²) in [6, 6.07) is 27.7. The van der Waals surface area contributed by atoms with Crippen molar-refractivity contribution in [3.8, 4) is 5.75 Å². The molecule has 0 saturated carbocycles. The molecule has 0 radical (unpaired) electrons. The van der Waals surface area contributed by atoms with E-state index in [1.54, 1.807) is 18.3 Å². The monoisotopic (exact) mass is 354 g/mol. The van der Waals surface area contributed by atoms with E-state index in [1.165, 1.54) is 0 Å². The van der Waals surface area contributed by atoms with Crippen LogP contribution in [-0.4, -0.2) is 18.7 Å². The van der Waals surface area contributed by atoms with Crippen LogP contribution in [-0.2, 0) is 4.79 Å². The first kappa shape index (κ1) is 16.8. The van der Waals surface area contributed by atoms with Crippen LogP contribution in [0.4, 0.5) is 0 Å². The molecule has 0 saturated heterocycles. The molecule has 4 rings (SSSR count). The Morgan fingerprint density at radius 3 is 2.11 bits per heavy atom. The Kier molecular flexibility index (Phi) is 4.79. The van der Waals surface area contributed by atoms with E-state index in [-0.39, 0.29) is 12.5 Å². The molecule has 0 fully saturated rings. The van der Waals surface area contributed by atoms with Crippen LogP contribution in [0.1, 0.15) is 5.56 Å². The van der Waals surface area contributed by atoms with Crippen LogP contribution < -0.4 is 10.2 Å². The van der Waals surface area contributed by atoms with Gasteiger partial charge in [-0.2, -0.15) is 5.10 Å². The highest BCUT2D eigenvalue weighted by atomic mass is 16.5. The second-order valence-electron chi connectivity index (χ2n) is 6.13. The van der Waals surface area contributed by atoms with Crippen molar-refractivity contribution in [3.63, 3.8) is 0 Å². The van der Waals surface area contributed by atoms with E-state index in [9.17, 15) is 4.79 Å². The van der Waals surface area contributed by atoms with E-state index in [4.69, 9.17) is 4.74 Å². The number of amides is 1. The van der Waals surface area contributed by atoms with Crippen LogP contribution in [0.25, 0.3) is 21.5 Å². The summed E-state index contributed by atoms with van der Waals surface area (Å²) in [7, 11) is 0. The summed E-state index contributed by atoms with van der Waals surface area (Å²) in [5.41, 5.74) is 3.52. The largest absolute Gasteiger partial charge is 0.484 e. The number of para-hydroxylation sites is 1. The second-order valence-corrected chi connectivity index (χ2v) is 6.13. The van der Waals surface area contributed by atoms with Crippen molar-refractivity contribution in [1.82, 2.24) is 5.43 Å². The fourth-order valence-electron chi connectivity index (χ4n) is 3.05. The predicted molar refractivity (Wildman–Crippen MR) is 109 cm³/mol. The fraction of sp³-hybridized carbons (Fsp3) is 0.0435. The van der Waals surface area contributed by atoms with Crippen molar-refractivity contribution in [2.45, 2.75) is 0 Å². The zero-order valence-electron chi connectivity index (χ0n) is 14.6. The lowest BCUT2D eigenvalue weighted by Crippen LogP contribution is -2.24. The van der Waals surface area contributed by atoms with Crippen molar-refractivity contribution in [3.05, 3.63) is 90.5 Å². The van der Waals surface area contributed by atoms with Crippen LogP contribution in [0.2, 0.25) is 0 Å². The highest BCUT2D eigenvalue weighted by molar-refractivity contribution is 6.13. The van der Waals surface area contributed by atoms with Gasteiger partial charge in [0.15, 0.2) is 6.61 Å². The lowest BCUT2D eigenvalue weighted by Gasteiger charge is -2.08. The molecular formula is C23H18N2O2. The third-order valence-corrected chi connectivity index (χ3v) is 4.31. The van der Waals surface area contributed by atoms with Crippen LogP contribution in [0.15, 0.2) is 90.0 Å². The van der Waals surface area contributed by atoms with Crippen molar-refractivity contribution in [1.29, 1.82) is 0 Å². The third kappa shape index (κ3) is 3.80. The van der Waals surface area contributed by atoms with Gasteiger partial charge < -0.3 is 4.74 Å². The minimum absolute atomic E-state index is 0.0857. The van der Waals surface area contributed by atoms with Crippen molar-refractivity contribution in [2.24, 2.45) is 5.10 Å². The van der Waals surface area contributed by atoms with Gasteiger partial charge in [0.2, 0.25) is 0 Å². The van der Waals surface area contributed by atoms with Gasteiger partial charge in [-0.05, 0) is 39.7 Å². The van der Waals surface area contributed by atoms with Crippen molar-refractivity contribution < 1.29 is 9.53 Å². The molecule has 4 aromatic rings. The number of nitrogens with one attached hydrogen (secondary N) is 1. The molecule has 27 heavy (non-hydrogen) atoms. The molecule has 4 aromatic carbocycles. The molecule has 0 bridgehead atoms. The van der Waals surface area contributed by atoms with E-state index >= 15 is 0 Å². The molecule has 0 spiro atoms. The number of hydrazone groups is 1. The van der Waals surface area contributed by atoms with Gasteiger partial charge in [0.25, 0.3) is 5.91 Å². The highest BCUT2D eigenvalue weighted by Gasteiger charge is 2.06. The molecule has 0 atom stereocenters. The molecular weight excluding hydrogens is 336 g/mol. The maximum Gasteiger partial charge on any atom is 0.277 e. The Labute approximate surface area is 157 Å². The zero-order valence-corrected chi connectivity index (χ0v) is 14.6. The molecule has 4 nitrogen and oxygen atoms in total. The van der Waals surface area contributed by atoms with E-state index < -0.39 is 0 Å². The van der Waals surface area contributed by atoms with E-state index in [1.807, 2.05) is 42.5 Å². The van der Waals surface area contributed by atoms with Gasteiger partial charge in [0.1, 0.15) is 5.75 Å². The first-order valence-electron chi connectivity index (χ1n) is 8.71. The molecule has 0 aliphatic carbocycles. The molecule has 1 amide bonds. The van der Waals surface area contributed by atoms with Gasteiger partial charge in [-0.25, -0.2) is 5.43 Å². The third-order valence-electron chi connectivity index (χ3n) is 4.31. The minimum Gasteiger partial charge on any atom is -0.484 e. The normalized spacial score (nSPS) is 11.1. The van der Waals surface area contributed by atoms with Gasteiger partial charge in [-0.1, -0.05) is 66.7 Å². The SMILES string of the molecule is O=C(COc1ccccc1)N/N=C/c1c2ccccc2cc2ccccc12. The second kappa shape index (κ2) is 7.70. The summed E-state index contributed by atoms with van der Waals surface area (Å²) in [4.78, 5) is 12.0. The maximum atomic E-state index is 12.0. The summed E-state index contributed by atoms with van der Waals surface area (Å²) in [6.07, 6.45) is 1.70. The first-order chi connectivity index (χ1) is 13.3. The quantitative estimate of drug-likeness (QED) is 0.325. The fourth-order valence-corrected chi connectivity index (χ4v) is 3.05. The van der Waals surface area contributed by atoms with Crippen LogP contribution in [0, 0.1) is 0 Å².